The molecular formula is C12H13BrN4O3S. The Labute approximate surface area is 130 Å². The number of aryl methyl sites for hydroxylation is 2. The first-order valence-corrected chi connectivity index (χ1v) is 8.44. The van der Waals surface area contributed by atoms with E-state index in [2.05, 4.69) is 26.0 Å². The summed E-state index contributed by atoms with van der Waals surface area (Å²) in [5.41, 5.74) is 1.10. The van der Waals surface area contributed by atoms with Crippen molar-refractivity contribution in [1.29, 1.82) is 0 Å². The van der Waals surface area contributed by atoms with Crippen molar-refractivity contribution in [1.82, 2.24) is 14.8 Å². The summed E-state index contributed by atoms with van der Waals surface area (Å²) in [4.78, 5) is 4.06. The fourth-order valence-corrected chi connectivity index (χ4v) is 4.32. The Bertz CT molecular complexity index is 803. The SMILES string of the molecule is Cc1nn(C)c2c1N(S(=O)(=O)c1cncc(Br)c1)CCO2. The van der Waals surface area contributed by atoms with Crippen LogP contribution in [0.3, 0.4) is 0 Å². The fourth-order valence-electron chi connectivity index (χ4n) is 2.31. The Kier molecular flexibility index (Phi) is 3.40. The summed E-state index contributed by atoms with van der Waals surface area (Å²) in [5, 5.41) is 4.23. The zero-order chi connectivity index (χ0) is 15.2. The first-order chi connectivity index (χ1) is 9.91. The molecule has 3 heterocycles. The van der Waals surface area contributed by atoms with E-state index in [4.69, 9.17) is 4.74 Å². The second-order valence-electron chi connectivity index (χ2n) is 4.63. The molecule has 0 N–H and O–H groups in total. The molecular weight excluding hydrogens is 360 g/mol. The third kappa shape index (κ3) is 2.30. The summed E-state index contributed by atoms with van der Waals surface area (Å²) in [6, 6.07) is 1.53. The maximum absolute atomic E-state index is 12.8. The maximum atomic E-state index is 12.8. The van der Waals surface area contributed by atoms with E-state index in [0.29, 0.717) is 21.7 Å². The van der Waals surface area contributed by atoms with Gasteiger partial charge < -0.3 is 4.74 Å². The van der Waals surface area contributed by atoms with Crippen molar-refractivity contribution >= 4 is 31.6 Å². The van der Waals surface area contributed by atoms with E-state index < -0.39 is 10.0 Å². The van der Waals surface area contributed by atoms with Crippen LogP contribution in [0.2, 0.25) is 0 Å². The second-order valence-corrected chi connectivity index (χ2v) is 7.41. The number of hydrogen-bond acceptors (Lipinski definition) is 5. The highest BCUT2D eigenvalue weighted by Gasteiger charge is 2.34. The van der Waals surface area contributed by atoms with E-state index in [-0.39, 0.29) is 18.0 Å². The standard InChI is InChI=1S/C12H13BrN4O3S/c1-8-11-12(16(2)15-8)20-4-3-17(11)21(18,19)10-5-9(13)6-14-7-10/h5-7H,3-4H2,1-2H3. The number of rotatable bonds is 2. The summed E-state index contributed by atoms with van der Waals surface area (Å²) in [7, 11) is -1.97. The predicted octanol–water partition coefficient (Wildman–Crippen LogP) is 1.47. The number of hydrogen-bond donors (Lipinski definition) is 0. The van der Waals surface area contributed by atoms with Crippen LogP contribution < -0.4 is 9.04 Å². The summed E-state index contributed by atoms with van der Waals surface area (Å²) in [6.07, 6.45) is 2.88. The number of sulfonamides is 1. The van der Waals surface area contributed by atoms with Gasteiger partial charge in [-0.1, -0.05) is 0 Å². The van der Waals surface area contributed by atoms with E-state index in [1.54, 1.807) is 24.9 Å². The third-order valence-corrected chi connectivity index (χ3v) is 5.39. The van der Waals surface area contributed by atoms with E-state index in [0.717, 1.165) is 0 Å². The molecule has 0 saturated carbocycles. The smallest absolute Gasteiger partial charge is 0.266 e. The number of fused-ring (bicyclic) bond motifs is 1. The lowest BCUT2D eigenvalue weighted by Crippen LogP contribution is -2.38. The summed E-state index contributed by atoms with van der Waals surface area (Å²) < 4.78 is 34.7. The monoisotopic (exact) mass is 372 g/mol. The molecule has 0 atom stereocenters. The molecule has 0 unspecified atom stereocenters. The molecule has 2 aromatic heterocycles. The Morgan fingerprint density at radius 1 is 1.38 bits per heavy atom. The van der Waals surface area contributed by atoms with Crippen molar-refractivity contribution in [3.8, 4) is 5.88 Å². The van der Waals surface area contributed by atoms with Gasteiger partial charge in [-0.2, -0.15) is 5.10 Å². The topological polar surface area (TPSA) is 77.3 Å². The van der Waals surface area contributed by atoms with Crippen molar-refractivity contribution in [2.75, 3.05) is 17.5 Å². The molecule has 0 aliphatic carbocycles. The molecule has 0 spiro atoms. The highest BCUT2D eigenvalue weighted by atomic mass is 79.9. The number of aromatic nitrogens is 3. The van der Waals surface area contributed by atoms with Gasteiger partial charge in [0.15, 0.2) is 0 Å². The Balaban J connectivity index is 2.14. The lowest BCUT2D eigenvalue weighted by Gasteiger charge is -2.28. The molecule has 21 heavy (non-hydrogen) atoms. The molecule has 0 fully saturated rings. The molecule has 1 aliphatic rings. The molecule has 0 saturated heterocycles. The van der Waals surface area contributed by atoms with Gasteiger partial charge in [-0.25, -0.2) is 13.1 Å². The molecule has 0 bridgehead atoms. The number of nitrogens with zero attached hydrogens (tertiary/aromatic N) is 4. The molecule has 2 aromatic rings. The van der Waals surface area contributed by atoms with E-state index >= 15 is 0 Å². The van der Waals surface area contributed by atoms with Gasteiger partial charge in [0.25, 0.3) is 10.0 Å². The van der Waals surface area contributed by atoms with Crippen LogP contribution >= 0.6 is 15.9 Å². The van der Waals surface area contributed by atoms with Crippen LogP contribution in [-0.2, 0) is 17.1 Å². The minimum absolute atomic E-state index is 0.132. The van der Waals surface area contributed by atoms with Crippen molar-refractivity contribution in [2.45, 2.75) is 11.8 Å². The van der Waals surface area contributed by atoms with Crippen LogP contribution in [0.25, 0.3) is 0 Å². The summed E-state index contributed by atoms with van der Waals surface area (Å²) in [5.74, 6) is 0.463. The van der Waals surface area contributed by atoms with E-state index in [1.165, 1.54) is 16.6 Å². The van der Waals surface area contributed by atoms with Gasteiger partial charge in [0.05, 0.1) is 12.2 Å². The first kappa shape index (κ1) is 14.3. The van der Waals surface area contributed by atoms with Gasteiger partial charge in [-0.05, 0) is 28.9 Å². The van der Waals surface area contributed by atoms with Gasteiger partial charge in [0.2, 0.25) is 5.88 Å². The highest BCUT2D eigenvalue weighted by Crippen LogP contribution is 2.37. The van der Waals surface area contributed by atoms with Crippen LogP contribution in [0.15, 0.2) is 27.8 Å². The minimum atomic E-state index is -3.70. The molecule has 0 amide bonds. The molecule has 9 heteroatoms. The number of halogens is 1. The second kappa shape index (κ2) is 4.99. The average Bonchev–Trinajstić information content (AvgIpc) is 2.74. The summed E-state index contributed by atoms with van der Waals surface area (Å²) in [6.45, 7) is 2.29. The Morgan fingerprint density at radius 2 is 2.14 bits per heavy atom. The zero-order valence-corrected chi connectivity index (χ0v) is 13.8. The Hall–Kier alpha value is -1.61. The van der Waals surface area contributed by atoms with E-state index in [1.807, 2.05) is 0 Å². The van der Waals surface area contributed by atoms with Gasteiger partial charge in [0.1, 0.15) is 17.2 Å². The fraction of sp³-hybridized carbons (Fsp3) is 0.333. The molecule has 1 aliphatic heterocycles. The van der Waals surface area contributed by atoms with E-state index in [9.17, 15) is 8.42 Å². The van der Waals surface area contributed by atoms with Crippen LogP contribution in [0.4, 0.5) is 5.69 Å². The number of pyridine rings is 1. The van der Waals surface area contributed by atoms with Crippen LogP contribution in [-0.4, -0.2) is 36.3 Å². The Morgan fingerprint density at radius 3 is 2.86 bits per heavy atom. The normalized spacial score (nSPS) is 14.7. The first-order valence-electron chi connectivity index (χ1n) is 6.21. The molecule has 112 valence electrons. The van der Waals surface area contributed by atoms with Crippen molar-refractivity contribution in [2.24, 2.45) is 7.05 Å². The maximum Gasteiger partial charge on any atom is 0.266 e. The van der Waals surface area contributed by atoms with Crippen LogP contribution in [0, 0.1) is 6.92 Å². The number of anilines is 1. The quantitative estimate of drug-likeness (QED) is 0.797. The van der Waals surface area contributed by atoms with Gasteiger partial charge >= 0.3 is 0 Å². The average molecular weight is 373 g/mol. The minimum Gasteiger partial charge on any atom is -0.474 e. The van der Waals surface area contributed by atoms with Crippen molar-refractivity contribution < 1.29 is 13.2 Å². The predicted molar refractivity (Wildman–Crippen MR) is 79.9 cm³/mol. The molecule has 0 aromatic carbocycles. The highest BCUT2D eigenvalue weighted by molar-refractivity contribution is 9.10. The lowest BCUT2D eigenvalue weighted by molar-refractivity contribution is 0.288. The number of ether oxygens (including phenoxy) is 1. The third-order valence-electron chi connectivity index (χ3n) is 3.19. The van der Waals surface area contributed by atoms with Crippen LogP contribution in [0.5, 0.6) is 5.88 Å². The van der Waals surface area contributed by atoms with Crippen molar-refractivity contribution in [3.63, 3.8) is 0 Å². The zero-order valence-electron chi connectivity index (χ0n) is 11.4. The molecule has 0 radical (unpaired) electrons. The van der Waals surface area contributed by atoms with Gasteiger partial charge in [-0.3, -0.25) is 9.29 Å². The largest absolute Gasteiger partial charge is 0.474 e. The lowest BCUT2D eigenvalue weighted by atomic mass is 10.3. The summed E-state index contributed by atoms with van der Waals surface area (Å²) >= 11 is 3.24. The molecule has 3 rings (SSSR count). The van der Waals surface area contributed by atoms with Gasteiger partial charge in [-0.15, -0.1) is 0 Å². The van der Waals surface area contributed by atoms with Crippen LogP contribution in [0.1, 0.15) is 5.69 Å². The van der Waals surface area contributed by atoms with Gasteiger partial charge in [0, 0.05) is 23.9 Å². The molecule has 7 nitrogen and oxygen atoms in total. The van der Waals surface area contributed by atoms with Crippen molar-refractivity contribution in [3.05, 3.63) is 28.6 Å².